The topological polar surface area (TPSA) is 88.5 Å². The lowest BCUT2D eigenvalue weighted by atomic mass is 10.1. The van der Waals surface area contributed by atoms with Crippen LogP contribution in [0.1, 0.15) is 42.5 Å². The van der Waals surface area contributed by atoms with Crippen molar-refractivity contribution >= 4 is 5.96 Å². The molecular formula is C20H25N5O2. The number of oxazole rings is 1. The predicted octanol–water partition coefficient (Wildman–Crippen LogP) is 3.63. The van der Waals surface area contributed by atoms with Crippen molar-refractivity contribution in [3.8, 4) is 11.5 Å². The lowest BCUT2D eigenvalue weighted by Gasteiger charge is -2.09. The van der Waals surface area contributed by atoms with Gasteiger partial charge < -0.3 is 19.6 Å². The van der Waals surface area contributed by atoms with Gasteiger partial charge in [0, 0.05) is 18.7 Å². The average Bonchev–Trinajstić information content (AvgIpc) is 3.32. The number of benzene rings is 1. The number of aryl methyl sites for hydroxylation is 1. The minimum absolute atomic E-state index is 0.342. The molecule has 0 aliphatic heterocycles. The Hall–Kier alpha value is -3.09. The molecule has 3 rings (SSSR count). The van der Waals surface area contributed by atoms with E-state index in [0.717, 1.165) is 22.7 Å². The Kier molecular flexibility index (Phi) is 5.90. The fourth-order valence-electron chi connectivity index (χ4n) is 2.47. The Bertz CT molecular complexity index is 893. The van der Waals surface area contributed by atoms with Crippen molar-refractivity contribution in [1.29, 1.82) is 0 Å². The van der Waals surface area contributed by atoms with Gasteiger partial charge in [0.05, 0.1) is 24.5 Å². The van der Waals surface area contributed by atoms with Gasteiger partial charge in [0.15, 0.2) is 11.7 Å². The van der Waals surface area contributed by atoms with Gasteiger partial charge in [-0.3, -0.25) is 4.99 Å². The largest absolute Gasteiger partial charge is 0.444 e. The van der Waals surface area contributed by atoms with Crippen molar-refractivity contribution in [2.45, 2.75) is 39.8 Å². The number of rotatable bonds is 6. The van der Waals surface area contributed by atoms with Gasteiger partial charge >= 0.3 is 0 Å². The van der Waals surface area contributed by atoms with Crippen molar-refractivity contribution in [1.82, 2.24) is 20.8 Å². The first-order valence-electron chi connectivity index (χ1n) is 8.96. The lowest BCUT2D eigenvalue weighted by molar-refractivity contribution is 0.372. The molecule has 0 aliphatic carbocycles. The number of hydrogen-bond acceptors (Lipinski definition) is 5. The molecule has 2 aromatic heterocycles. The smallest absolute Gasteiger partial charge is 0.226 e. The van der Waals surface area contributed by atoms with Gasteiger partial charge in [-0.05, 0) is 25.0 Å². The summed E-state index contributed by atoms with van der Waals surface area (Å²) in [5.74, 6) is 2.37. The van der Waals surface area contributed by atoms with Crippen molar-refractivity contribution in [2.24, 2.45) is 4.99 Å². The third kappa shape index (κ3) is 4.97. The van der Waals surface area contributed by atoms with Crippen LogP contribution in [0, 0.1) is 6.92 Å². The summed E-state index contributed by atoms with van der Waals surface area (Å²) in [6.07, 6.45) is 1.65. The van der Waals surface area contributed by atoms with E-state index >= 15 is 0 Å². The van der Waals surface area contributed by atoms with E-state index in [9.17, 15) is 0 Å². The Morgan fingerprint density at radius 1 is 1.15 bits per heavy atom. The lowest BCUT2D eigenvalue weighted by Crippen LogP contribution is -2.36. The highest BCUT2D eigenvalue weighted by molar-refractivity contribution is 5.79. The molecule has 0 saturated heterocycles. The summed E-state index contributed by atoms with van der Waals surface area (Å²) < 4.78 is 10.9. The number of nitrogens with one attached hydrogen (secondary N) is 2. The second-order valence-electron chi connectivity index (χ2n) is 6.66. The Labute approximate surface area is 158 Å². The summed E-state index contributed by atoms with van der Waals surface area (Å²) in [5, 5.41) is 10.5. The molecule has 0 bridgehead atoms. The van der Waals surface area contributed by atoms with Crippen LogP contribution in [0.25, 0.3) is 11.5 Å². The summed E-state index contributed by atoms with van der Waals surface area (Å²) in [6.45, 7) is 7.22. The molecule has 1 aromatic carbocycles. The molecule has 142 valence electrons. The maximum atomic E-state index is 5.58. The van der Waals surface area contributed by atoms with Crippen LogP contribution in [-0.4, -0.2) is 23.1 Å². The molecule has 0 saturated carbocycles. The summed E-state index contributed by atoms with van der Waals surface area (Å²) in [6, 6.07) is 10.0. The Morgan fingerprint density at radius 2 is 1.89 bits per heavy atom. The van der Waals surface area contributed by atoms with Crippen molar-refractivity contribution in [2.75, 3.05) is 7.05 Å². The number of guanidine groups is 1. The fourth-order valence-corrected chi connectivity index (χ4v) is 2.47. The fraction of sp³-hybridized carbons (Fsp3) is 0.350. The molecule has 0 fully saturated rings. The molecule has 7 nitrogen and oxygen atoms in total. The molecule has 2 N–H and O–H groups in total. The van der Waals surface area contributed by atoms with E-state index in [2.05, 4.69) is 46.5 Å². The molecular weight excluding hydrogens is 342 g/mol. The van der Waals surface area contributed by atoms with Crippen LogP contribution in [0.3, 0.4) is 0 Å². The van der Waals surface area contributed by atoms with E-state index in [1.54, 1.807) is 13.3 Å². The molecule has 0 atom stereocenters. The van der Waals surface area contributed by atoms with E-state index < -0.39 is 0 Å². The summed E-state index contributed by atoms with van der Waals surface area (Å²) in [4.78, 5) is 8.73. The normalized spacial score (nSPS) is 11.8. The van der Waals surface area contributed by atoms with Crippen LogP contribution in [0.2, 0.25) is 0 Å². The SMILES string of the molecule is CN=C(NCc1coc(-c2ccc(C)cc2)n1)NCc1cc(C(C)C)no1. The monoisotopic (exact) mass is 367 g/mol. The third-order valence-corrected chi connectivity index (χ3v) is 4.11. The van der Waals surface area contributed by atoms with Crippen LogP contribution in [-0.2, 0) is 13.1 Å². The minimum Gasteiger partial charge on any atom is -0.444 e. The third-order valence-electron chi connectivity index (χ3n) is 4.11. The van der Waals surface area contributed by atoms with E-state index in [0.29, 0.717) is 30.9 Å². The van der Waals surface area contributed by atoms with Gasteiger partial charge in [0.25, 0.3) is 0 Å². The maximum absolute atomic E-state index is 5.58. The van der Waals surface area contributed by atoms with E-state index in [1.165, 1.54) is 5.56 Å². The van der Waals surface area contributed by atoms with Crippen LogP contribution in [0.5, 0.6) is 0 Å². The molecule has 2 heterocycles. The average molecular weight is 367 g/mol. The van der Waals surface area contributed by atoms with Crippen LogP contribution >= 0.6 is 0 Å². The number of nitrogens with zero attached hydrogens (tertiary/aromatic N) is 3. The second kappa shape index (κ2) is 8.53. The highest BCUT2D eigenvalue weighted by Gasteiger charge is 2.10. The molecule has 0 amide bonds. The molecule has 0 spiro atoms. The van der Waals surface area contributed by atoms with E-state index in [-0.39, 0.29) is 0 Å². The van der Waals surface area contributed by atoms with Crippen LogP contribution in [0.15, 0.2) is 50.5 Å². The first-order chi connectivity index (χ1) is 13.0. The van der Waals surface area contributed by atoms with E-state index in [4.69, 9.17) is 8.94 Å². The van der Waals surface area contributed by atoms with Crippen molar-refractivity contribution < 1.29 is 8.94 Å². The maximum Gasteiger partial charge on any atom is 0.226 e. The highest BCUT2D eigenvalue weighted by Crippen LogP contribution is 2.19. The van der Waals surface area contributed by atoms with Gasteiger partial charge in [0.2, 0.25) is 5.89 Å². The van der Waals surface area contributed by atoms with E-state index in [1.807, 2.05) is 30.3 Å². The van der Waals surface area contributed by atoms with Gasteiger partial charge in [-0.25, -0.2) is 4.98 Å². The van der Waals surface area contributed by atoms with Crippen molar-refractivity contribution in [3.05, 3.63) is 59.3 Å². The zero-order valence-electron chi connectivity index (χ0n) is 16.1. The Balaban J connectivity index is 1.52. The van der Waals surface area contributed by atoms with Crippen molar-refractivity contribution in [3.63, 3.8) is 0 Å². The number of hydrogen-bond donors (Lipinski definition) is 2. The highest BCUT2D eigenvalue weighted by atomic mass is 16.5. The van der Waals surface area contributed by atoms with Gasteiger partial charge in [-0.1, -0.05) is 36.7 Å². The van der Waals surface area contributed by atoms with Gasteiger partial charge in [-0.15, -0.1) is 0 Å². The number of aliphatic imine (C=N–C) groups is 1. The first-order valence-corrected chi connectivity index (χ1v) is 8.96. The second-order valence-corrected chi connectivity index (χ2v) is 6.66. The number of aromatic nitrogens is 2. The summed E-state index contributed by atoms with van der Waals surface area (Å²) >= 11 is 0. The summed E-state index contributed by atoms with van der Waals surface area (Å²) in [5.41, 5.74) is 3.91. The summed E-state index contributed by atoms with van der Waals surface area (Å²) in [7, 11) is 1.72. The first kappa shape index (κ1) is 18.7. The molecule has 0 unspecified atom stereocenters. The standard InChI is InChI=1S/C20H25N5O2/c1-13(2)18-9-17(27-25-18)11-23-20(21-4)22-10-16-12-26-19(24-16)15-7-5-14(3)6-8-15/h5-9,12-13H,10-11H2,1-4H3,(H2,21,22,23). The Morgan fingerprint density at radius 3 is 2.56 bits per heavy atom. The zero-order chi connectivity index (χ0) is 19.2. The molecule has 27 heavy (non-hydrogen) atoms. The minimum atomic E-state index is 0.342. The predicted molar refractivity (Wildman–Crippen MR) is 104 cm³/mol. The zero-order valence-corrected chi connectivity index (χ0v) is 16.1. The quantitative estimate of drug-likeness (QED) is 0.511. The van der Waals surface area contributed by atoms with Crippen LogP contribution in [0.4, 0.5) is 0 Å². The molecule has 0 aliphatic rings. The molecule has 0 radical (unpaired) electrons. The molecule has 7 heteroatoms. The van der Waals surface area contributed by atoms with Gasteiger partial charge in [-0.2, -0.15) is 0 Å². The van der Waals surface area contributed by atoms with Gasteiger partial charge in [0.1, 0.15) is 6.26 Å². The van der Waals surface area contributed by atoms with Crippen LogP contribution < -0.4 is 10.6 Å². The molecule has 3 aromatic rings.